The van der Waals surface area contributed by atoms with Crippen molar-refractivity contribution in [2.24, 2.45) is 0 Å². The summed E-state index contributed by atoms with van der Waals surface area (Å²) in [6.07, 6.45) is 0.368. The third-order valence-corrected chi connectivity index (χ3v) is 4.87. The van der Waals surface area contributed by atoms with Crippen molar-refractivity contribution < 1.29 is 23.4 Å². The molecule has 0 aliphatic heterocycles. The molecule has 0 heterocycles. The Morgan fingerprint density at radius 1 is 1.35 bits per heavy atom. The van der Waals surface area contributed by atoms with Crippen LogP contribution < -0.4 is 4.72 Å². The van der Waals surface area contributed by atoms with Crippen LogP contribution in [0.5, 0.6) is 0 Å². The standard InChI is InChI=1S/C11H13Cl2NO5S/c1-2-6(5-15)14-20(18,19)10-3-7(11(16)17)8(12)4-9(10)13/h3-4,6,14-15H,2,5H2,1H3,(H,16,17)/t6-/m1/s1. The third-order valence-electron chi connectivity index (χ3n) is 2.58. The molecule has 9 heteroatoms. The summed E-state index contributed by atoms with van der Waals surface area (Å²) in [6, 6.07) is 1.26. The lowest BCUT2D eigenvalue weighted by molar-refractivity contribution is 0.0697. The minimum atomic E-state index is -4.05. The number of halogens is 2. The van der Waals surface area contributed by atoms with E-state index in [0.29, 0.717) is 6.42 Å². The molecule has 0 radical (unpaired) electrons. The lowest BCUT2D eigenvalue weighted by Crippen LogP contribution is -2.37. The molecule has 1 atom stereocenters. The van der Waals surface area contributed by atoms with Gasteiger partial charge in [0.2, 0.25) is 10.0 Å². The molecule has 1 aromatic carbocycles. The van der Waals surface area contributed by atoms with Crippen LogP contribution in [0.15, 0.2) is 17.0 Å². The van der Waals surface area contributed by atoms with Gasteiger partial charge >= 0.3 is 5.97 Å². The monoisotopic (exact) mass is 341 g/mol. The molecule has 0 bridgehead atoms. The number of aliphatic hydroxyl groups excluding tert-OH is 1. The normalized spacial score (nSPS) is 13.2. The van der Waals surface area contributed by atoms with E-state index in [1.165, 1.54) is 0 Å². The maximum absolute atomic E-state index is 12.1. The number of sulfonamides is 1. The number of benzene rings is 1. The van der Waals surface area contributed by atoms with Gasteiger partial charge in [-0.2, -0.15) is 0 Å². The van der Waals surface area contributed by atoms with Crippen molar-refractivity contribution in [2.45, 2.75) is 24.3 Å². The molecule has 0 saturated carbocycles. The predicted molar refractivity (Wildman–Crippen MR) is 74.9 cm³/mol. The Kier molecular flexibility index (Phi) is 5.79. The zero-order chi connectivity index (χ0) is 15.5. The molecule has 6 nitrogen and oxygen atoms in total. The van der Waals surface area contributed by atoms with E-state index in [0.717, 1.165) is 12.1 Å². The van der Waals surface area contributed by atoms with E-state index in [9.17, 15) is 13.2 Å². The Balaban J connectivity index is 3.31. The van der Waals surface area contributed by atoms with Crippen molar-refractivity contribution in [1.82, 2.24) is 4.72 Å². The lowest BCUT2D eigenvalue weighted by atomic mass is 10.2. The number of carboxylic acids is 1. The molecule has 0 saturated heterocycles. The second-order valence-electron chi connectivity index (χ2n) is 3.98. The van der Waals surface area contributed by atoms with E-state index in [-0.39, 0.29) is 22.2 Å². The van der Waals surface area contributed by atoms with Gasteiger partial charge in [0, 0.05) is 6.04 Å². The van der Waals surface area contributed by atoms with Crippen molar-refractivity contribution >= 4 is 39.2 Å². The number of hydrogen-bond acceptors (Lipinski definition) is 4. The maximum Gasteiger partial charge on any atom is 0.337 e. The SMILES string of the molecule is CC[C@H](CO)NS(=O)(=O)c1cc(C(=O)O)c(Cl)cc1Cl. The number of carbonyl (C=O) groups is 1. The quantitative estimate of drug-likeness (QED) is 0.731. The molecule has 3 N–H and O–H groups in total. The molecule has 0 aliphatic rings. The number of carboxylic acid groups (broad SMARTS) is 1. The van der Waals surface area contributed by atoms with Gasteiger partial charge in [0.15, 0.2) is 0 Å². The minimum Gasteiger partial charge on any atom is -0.478 e. The maximum atomic E-state index is 12.1. The van der Waals surface area contributed by atoms with Crippen LogP contribution in [0.3, 0.4) is 0 Å². The molecule has 1 rings (SSSR count). The van der Waals surface area contributed by atoms with Crippen molar-refractivity contribution in [3.8, 4) is 0 Å². The fraction of sp³-hybridized carbons (Fsp3) is 0.364. The minimum absolute atomic E-state index is 0.157. The topological polar surface area (TPSA) is 104 Å². The zero-order valence-corrected chi connectivity index (χ0v) is 12.8. The fourth-order valence-electron chi connectivity index (χ4n) is 1.43. The largest absolute Gasteiger partial charge is 0.478 e. The summed E-state index contributed by atoms with van der Waals surface area (Å²) in [6.45, 7) is 1.31. The number of hydrogen-bond donors (Lipinski definition) is 3. The van der Waals surface area contributed by atoms with Crippen LogP contribution in [-0.2, 0) is 10.0 Å². The molecule has 0 unspecified atom stereocenters. The van der Waals surface area contributed by atoms with Crippen LogP contribution in [0.1, 0.15) is 23.7 Å². The number of rotatable bonds is 6. The summed E-state index contributed by atoms with van der Waals surface area (Å²) in [5, 5.41) is 17.6. The fourth-order valence-corrected chi connectivity index (χ4v) is 3.60. The third kappa shape index (κ3) is 3.83. The summed E-state index contributed by atoms with van der Waals surface area (Å²) in [5.41, 5.74) is -0.367. The van der Waals surface area contributed by atoms with Crippen molar-refractivity contribution in [1.29, 1.82) is 0 Å². The van der Waals surface area contributed by atoms with E-state index in [1.807, 2.05) is 0 Å². The Morgan fingerprint density at radius 3 is 2.40 bits per heavy atom. The summed E-state index contributed by atoms with van der Waals surface area (Å²) >= 11 is 11.5. The second-order valence-corrected chi connectivity index (χ2v) is 6.47. The van der Waals surface area contributed by atoms with E-state index in [4.69, 9.17) is 33.4 Å². The molecule has 0 aliphatic carbocycles. The highest BCUT2D eigenvalue weighted by atomic mass is 35.5. The Morgan fingerprint density at radius 2 is 1.95 bits per heavy atom. The van der Waals surface area contributed by atoms with Crippen molar-refractivity contribution in [2.75, 3.05) is 6.61 Å². The second kappa shape index (κ2) is 6.73. The van der Waals surface area contributed by atoms with Crippen LogP contribution in [-0.4, -0.2) is 37.2 Å². The highest BCUT2D eigenvalue weighted by molar-refractivity contribution is 7.89. The van der Waals surface area contributed by atoms with Gasteiger partial charge in [0.1, 0.15) is 4.90 Å². The molecular formula is C11H13Cl2NO5S. The van der Waals surface area contributed by atoms with E-state index in [1.54, 1.807) is 6.92 Å². The van der Waals surface area contributed by atoms with Gasteiger partial charge in [-0.3, -0.25) is 0 Å². The van der Waals surface area contributed by atoms with Gasteiger partial charge in [-0.15, -0.1) is 0 Å². The van der Waals surface area contributed by atoms with Crippen molar-refractivity contribution in [3.05, 3.63) is 27.7 Å². The smallest absolute Gasteiger partial charge is 0.337 e. The average Bonchev–Trinajstić information content (AvgIpc) is 2.35. The first-order valence-electron chi connectivity index (χ1n) is 5.58. The molecule has 0 fully saturated rings. The van der Waals surface area contributed by atoms with Gasteiger partial charge < -0.3 is 10.2 Å². The van der Waals surface area contributed by atoms with Gasteiger partial charge in [0.05, 0.1) is 22.2 Å². The lowest BCUT2D eigenvalue weighted by Gasteiger charge is -2.15. The van der Waals surface area contributed by atoms with Gasteiger partial charge in [-0.05, 0) is 18.6 Å². The molecule has 1 aromatic rings. The molecule has 20 heavy (non-hydrogen) atoms. The summed E-state index contributed by atoms with van der Waals surface area (Å²) in [5.74, 6) is -1.36. The number of aliphatic hydroxyl groups is 1. The van der Waals surface area contributed by atoms with Crippen LogP contribution in [0.4, 0.5) is 0 Å². The molecular weight excluding hydrogens is 329 g/mol. The van der Waals surface area contributed by atoms with Gasteiger partial charge in [0.25, 0.3) is 0 Å². The molecule has 112 valence electrons. The summed E-state index contributed by atoms with van der Waals surface area (Å²) in [7, 11) is -4.05. The van der Waals surface area contributed by atoms with E-state index in [2.05, 4.69) is 4.72 Å². The van der Waals surface area contributed by atoms with E-state index >= 15 is 0 Å². The summed E-state index contributed by atoms with van der Waals surface area (Å²) in [4.78, 5) is 10.6. The van der Waals surface area contributed by atoms with Crippen molar-refractivity contribution in [3.63, 3.8) is 0 Å². The van der Waals surface area contributed by atoms with Crippen LogP contribution in [0, 0.1) is 0 Å². The first-order chi connectivity index (χ1) is 9.22. The molecule has 0 spiro atoms. The first kappa shape index (κ1) is 17.2. The van der Waals surface area contributed by atoms with Crippen LogP contribution >= 0.6 is 23.2 Å². The van der Waals surface area contributed by atoms with Crippen LogP contribution in [0.25, 0.3) is 0 Å². The highest BCUT2D eigenvalue weighted by Crippen LogP contribution is 2.28. The Labute approximate surface area is 126 Å². The summed E-state index contributed by atoms with van der Waals surface area (Å²) < 4.78 is 26.5. The Bertz CT molecular complexity index is 613. The zero-order valence-electron chi connectivity index (χ0n) is 10.4. The predicted octanol–water partition coefficient (Wildman–Crippen LogP) is 1.74. The average molecular weight is 342 g/mol. The van der Waals surface area contributed by atoms with Crippen LogP contribution in [0.2, 0.25) is 10.0 Å². The molecule has 0 amide bonds. The molecule has 0 aromatic heterocycles. The number of nitrogens with one attached hydrogen (secondary N) is 1. The highest BCUT2D eigenvalue weighted by Gasteiger charge is 2.24. The van der Waals surface area contributed by atoms with Gasteiger partial charge in [-0.25, -0.2) is 17.9 Å². The Hall–Kier alpha value is -0.860. The van der Waals surface area contributed by atoms with E-state index < -0.39 is 26.9 Å². The number of aromatic carboxylic acids is 1. The van der Waals surface area contributed by atoms with Gasteiger partial charge in [-0.1, -0.05) is 30.1 Å². The first-order valence-corrected chi connectivity index (χ1v) is 7.82.